The van der Waals surface area contributed by atoms with Gasteiger partial charge in [-0.25, -0.2) is 0 Å². The Kier molecular flexibility index (Phi) is 5.88. The van der Waals surface area contributed by atoms with Crippen molar-refractivity contribution < 1.29 is 19.8 Å². The van der Waals surface area contributed by atoms with Crippen LogP contribution in [-0.2, 0) is 9.59 Å². The monoisotopic (exact) mass is 218 g/mol. The summed E-state index contributed by atoms with van der Waals surface area (Å²) in [7, 11) is 0. The molecular weight excluding hydrogens is 200 g/mol. The van der Waals surface area contributed by atoms with E-state index in [2.05, 4.69) is 0 Å². The van der Waals surface area contributed by atoms with Crippen molar-refractivity contribution >= 4 is 11.9 Å². The van der Waals surface area contributed by atoms with Crippen LogP contribution in [-0.4, -0.2) is 52.7 Å². The second kappa shape index (κ2) is 6.36. The summed E-state index contributed by atoms with van der Waals surface area (Å²) in [5.41, 5.74) is 5.01. The fourth-order valence-electron chi connectivity index (χ4n) is 1.26. The fourth-order valence-corrected chi connectivity index (χ4v) is 1.26. The van der Waals surface area contributed by atoms with E-state index in [-0.39, 0.29) is 19.6 Å². The van der Waals surface area contributed by atoms with Crippen LogP contribution in [0.1, 0.15) is 13.8 Å². The highest BCUT2D eigenvalue weighted by atomic mass is 16.4. The molecule has 0 saturated carbocycles. The largest absolute Gasteiger partial charge is 0.481 e. The molecule has 88 valence electrons. The molecule has 0 saturated heterocycles. The van der Waals surface area contributed by atoms with E-state index in [0.717, 1.165) is 0 Å². The number of rotatable bonds is 7. The van der Waals surface area contributed by atoms with Crippen molar-refractivity contribution in [1.82, 2.24) is 4.90 Å². The smallest absolute Gasteiger partial charge is 0.307 e. The number of aliphatic hydroxyl groups is 1. The van der Waals surface area contributed by atoms with Gasteiger partial charge in [0, 0.05) is 13.1 Å². The maximum Gasteiger partial charge on any atom is 0.307 e. The number of carboxylic acid groups (broad SMARTS) is 1. The third-order valence-corrected chi connectivity index (χ3v) is 1.86. The summed E-state index contributed by atoms with van der Waals surface area (Å²) in [4.78, 5) is 22.8. The molecule has 0 radical (unpaired) electrons. The zero-order chi connectivity index (χ0) is 12.0. The standard InChI is InChI=1S/C9H18N2O4/c1-6(9(14)15)3-11(4-7(2)12)5-8(10)13/h6-7,12H,3-5H2,1-2H3,(H2,10,13)(H,14,15). The van der Waals surface area contributed by atoms with Gasteiger partial charge in [0.1, 0.15) is 0 Å². The lowest BCUT2D eigenvalue weighted by Crippen LogP contribution is -2.41. The van der Waals surface area contributed by atoms with Crippen LogP contribution in [0.15, 0.2) is 0 Å². The number of carbonyl (C=O) groups excluding carboxylic acids is 1. The van der Waals surface area contributed by atoms with Gasteiger partial charge in [0.2, 0.25) is 5.91 Å². The van der Waals surface area contributed by atoms with Crippen LogP contribution < -0.4 is 5.73 Å². The van der Waals surface area contributed by atoms with E-state index in [0.29, 0.717) is 0 Å². The van der Waals surface area contributed by atoms with Gasteiger partial charge in [-0.05, 0) is 6.92 Å². The number of hydrogen-bond donors (Lipinski definition) is 3. The van der Waals surface area contributed by atoms with Crippen LogP contribution in [0.25, 0.3) is 0 Å². The lowest BCUT2D eigenvalue weighted by atomic mass is 10.1. The molecule has 6 nitrogen and oxygen atoms in total. The van der Waals surface area contributed by atoms with E-state index >= 15 is 0 Å². The third kappa shape index (κ3) is 6.87. The molecule has 2 atom stereocenters. The molecule has 0 aromatic carbocycles. The van der Waals surface area contributed by atoms with E-state index in [9.17, 15) is 9.59 Å². The van der Waals surface area contributed by atoms with Gasteiger partial charge in [0.25, 0.3) is 0 Å². The minimum absolute atomic E-state index is 0.0392. The minimum atomic E-state index is -0.935. The van der Waals surface area contributed by atoms with Crippen LogP contribution in [0.2, 0.25) is 0 Å². The Bertz CT molecular complexity index is 230. The lowest BCUT2D eigenvalue weighted by molar-refractivity contribution is -0.142. The molecule has 15 heavy (non-hydrogen) atoms. The molecule has 0 aliphatic rings. The molecule has 0 spiro atoms. The van der Waals surface area contributed by atoms with Crippen LogP contribution in [0.3, 0.4) is 0 Å². The molecule has 1 amide bonds. The molecule has 0 rings (SSSR count). The highest BCUT2D eigenvalue weighted by molar-refractivity contribution is 5.76. The number of nitrogens with two attached hydrogens (primary N) is 1. The molecule has 0 aliphatic heterocycles. The van der Waals surface area contributed by atoms with Crippen molar-refractivity contribution in [2.45, 2.75) is 20.0 Å². The molecule has 0 aliphatic carbocycles. The van der Waals surface area contributed by atoms with Gasteiger partial charge >= 0.3 is 5.97 Å². The van der Waals surface area contributed by atoms with Gasteiger partial charge in [0.15, 0.2) is 0 Å². The van der Waals surface area contributed by atoms with Crippen molar-refractivity contribution in [3.8, 4) is 0 Å². The Labute approximate surface area is 88.7 Å². The predicted octanol–water partition coefficient (Wildman–Crippen LogP) is -1.12. The number of aliphatic hydroxyl groups excluding tert-OH is 1. The Morgan fingerprint density at radius 2 is 1.87 bits per heavy atom. The Morgan fingerprint density at radius 3 is 2.20 bits per heavy atom. The molecular formula is C9H18N2O4. The zero-order valence-corrected chi connectivity index (χ0v) is 9.01. The fraction of sp³-hybridized carbons (Fsp3) is 0.778. The second-order valence-electron chi connectivity index (χ2n) is 3.75. The van der Waals surface area contributed by atoms with Crippen molar-refractivity contribution in [3.05, 3.63) is 0 Å². The van der Waals surface area contributed by atoms with E-state index in [1.54, 1.807) is 13.8 Å². The Hall–Kier alpha value is -1.14. The number of carboxylic acids is 1. The molecule has 4 N–H and O–H groups in total. The zero-order valence-electron chi connectivity index (χ0n) is 9.01. The normalized spacial score (nSPS) is 14.9. The van der Waals surface area contributed by atoms with Gasteiger partial charge in [-0.2, -0.15) is 0 Å². The van der Waals surface area contributed by atoms with Crippen LogP contribution >= 0.6 is 0 Å². The summed E-state index contributed by atoms with van der Waals surface area (Å²) in [5.74, 6) is -2.06. The molecule has 0 fully saturated rings. The summed E-state index contributed by atoms with van der Waals surface area (Å²) in [6, 6.07) is 0. The summed E-state index contributed by atoms with van der Waals surface area (Å²) < 4.78 is 0. The summed E-state index contributed by atoms with van der Waals surface area (Å²) in [5, 5.41) is 17.8. The molecule has 0 bridgehead atoms. The van der Waals surface area contributed by atoms with Crippen molar-refractivity contribution in [3.63, 3.8) is 0 Å². The Balaban J connectivity index is 4.23. The molecule has 6 heteroatoms. The molecule has 2 unspecified atom stereocenters. The van der Waals surface area contributed by atoms with Gasteiger partial charge in [0.05, 0.1) is 18.6 Å². The SMILES string of the molecule is CC(O)CN(CC(N)=O)CC(C)C(=O)O. The first kappa shape index (κ1) is 13.9. The van der Waals surface area contributed by atoms with Crippen LogP contribution in [0, 0.1) is 5.92 Å². The highest BCUT2D eigenvalue weighted by Gasteiger charge is 2.18. The molecule has 0 heterocycles. The molecule has 0 aromatic heterocycles. The number of aliphatic carboxylic acids is 1. The van der Waals surface area contributed by atoms with Crippen molar-refractivity contribution in [2.24, 2.45) is 11.7 Å². The number of carbonyl (C=O) groups is 2. The van der Waals surface area contributed by atoms with E-state index in [1.807, 2.05) is 0 Å². The third-order valence-electron chi connectivity index (χ3n) is 1.86. The van der Waals surface area contributed by atoms with Crippen LogP contribution in [0.5, 0.6) is 0 Å². The first-order chi connectivity index (χ1) is 6.82. The summed E-state index contributed by atoms with van der Waals surface area (Å²) in [6.45, 7) is 3.50. The molecule has 0 aromatic rings. The predicted molar refractivity (Wildman–Crippen MR) is 54.1 cm³/mol. The maximum absolute atomic E-state index is 10.7. The van der Waals surface area contributed by atoms with Gasteiger partial charge in [-0.1, -0.05) is 6.92 Å². The van der Waals surface area contributed by atoms with Gasteiger partial charge in [-0.3, -0.25) is 14.5 Å². The second-order valence-corrected chi connectivity index (χ2v) is 3.75. The first-order valence-corrected chi connectivity index (χ1v) is 4.74. The van der Waals surface area contributed by atoms with E-state index in [1.165, 1.54) is 4.90 Å². The average molecular weight is 218 g/mol. The number of nitrogens with zero attached hydrogens (tertiary/aromatic N) is 1. The minimum Gasteiger partial charge on any atom is -0.481 e. The highest BCUT2D eigenvalue weighted by Crippen LogP contribution is 2.01. The van der Waals surface area contributed by atoms with Crippen molar-refractivity contribution in [1.29, 1.82) is 0 Å². The van der Waals surface area contributed by atoms with Gasteiger partial charge < -0.3 is 15.9 Å². The number of amides is 1. The summed E-state index contributed by atoms with van der Waals surface area (Å²) in [6.07, 6.45) is -0.620. The maximum atomic E-state index is 10.7. The van der Waals surface area contributed by atoms with E-state index < -0.39 is 23.9 Å². The Morgan fingerprint density at radius 1 is 1.33 bits per heavy atom. The first-order valence-electron chi connectivity index (χ1n) is 4.74. The van der Waals surface area contributed by atoms with Crippen LogP contribution in [0.4, 0.5) is 0 Å². The number of primary amides is 1. The topological polar surface area (TPSA) is 104 Å². The van der Waals surface area contributed by atoms with Gasteiger partial charge in [-0.15, -0.1) is 0 Å². The van der Waals surface area contributed by atoms with E-state index in [4.69, 9.17) is 15.9 Å². The average Bonchev–Trinajstić information content (AvgIpc) is 2.00. The quantitative estimate of drug-likeness (QED) is 0.502. The lowest BCUT2D eigenvalue weighted by Gasteiger charge is -2.23. The van der Waals surface area contributed by atoms with Crippen molar-refractivity contribution in [2.75, 3.05) is 19.6 Å². The number of hydrogen-bond acceptors (Lipinski definition) is 4. The summed E-state index contributed by atoms with van der Waals surface area (Å²) >= 11 is 0.